The van der Waals surface area contributed by atoms with Crippen LogP contribution in [0.3, 0.4) is 0 Å². The van der Waals surface area contributed by atoms with E-state index in [-0.39, 0.29) is 12.3 Å². The highest BCUT2D eigenvalue weighted by atomic mass is 16.5. The molecule has 1 saturated heterocycles. The Balaban J connectivity index is 1.51. The predicted molar refractivity (Wildman–Crippen MR) is 144 cm³/mol. The first-order chi connectivity index (χ1) is 17.9. The number of carbonyl (C=O) groups is 2. The molecule has 37 heavy (non-hydrogen) atoms. The van der Waals surface area contributed by atoms with Gasteiger partial charge in [-0.25, -0.2) is 9.97 Å². The Morgan fingerprint density at radius 1 is 1.05 bits per heavy atom. The molecule has 0 spiro atoms. The number of carbonyl (C=O) groups excluding carboxylic acids is 1. The molecule has 3 aromatic rings. The number of ether oxygens (including phenoxy) is 1. The minimum atomic E-state index is -0.926. The van der Waals surface area contributed by atoms with E-state index in [9.17, 15) is 14.7 Å². The van der Waals surface area contributed by atoms with E-state index >= 15 is 0 Å². The van der Waals surface area contributed by atoms with Gasteiger partial charge >= 0.3 is 5.97 Å². The second-order valence-corrected chi connectivity index (χ2v) is 8.94. The molecule has 0 saturated carbocycles. The van der Waals surface area contributed by atoms with Gasteiger partial charge < -0.3 is 25.0 Å². The zero-order valence-corrected chi connectivity index (χ0v) is 21.1. The summed E-state index contributed by atoms with van der Waals surface area (Å²) in [6.45, 7) is 2.42. The van der Waals surface area contributed by atoms with Crippen molar-refractivity contribution in [2.45, 2.75) is 12.8 Å². The average Bonchev–Trinajstić information content (AvgIpc) is 2.90. The smallest absolute Gasteiger partial charge is 0.308 e. The number of benzene rings is 2. The molecule has 1 fully saturated rings. The SMILES string of the molecule is CN(C)c1nc(Cc2ccc(NC(=O)C=Cc3ccccc3)cc2)nc(N2CCOCC2)c1CC(=O)O. The molecule has 1 amide bonds. The molecular weight excluding hydrogens is 470 g/mol. The van der Waals surface area contributed by atoms with Gasteiger partial charge in [-0.05, 0) is 29.3 Å². The third-order valence-corrected chi connectivity index (χ3v) is 5.88. The zero-order valence-electron chi connectivity index (χ0n) is 21.1. The van der Waals surface area contributed by atoms with Crippen LogP contribution in [-0.4, -0.2) is 67.3 Å². The van der Waals surface area contributed by atoms with Gasteiger partial charge in [0.2, 0.25) is 5.91 Å². The normalized spacial score (nSPS) is 13.5. The van der Waals surface area contributed by atoms with Crippen LogP contribution in [0.25, 0.3) is 6.08 Å². The van der Waals surface area contributed by atoms with E-state index in [0.717, 1.165) is 11.1 Å². The summed E-state index contributed by atoms with van der Waals surface area (Å²) in [4.78, 5) is 37.3. The van der Waals surface area contributed by atoms with Crippen molar-refractivity contribution in [1.82, 2.24) is 9.97 Å². The maximum absolute atomic E-state index is 12.3. The summed E-state index contributed by atoms with van der Waals surface area (Å²) in [5.41, 5.74) is 3.22. The molecule has 2 heterocycles. The average molecular weight is 502 g/mol. The molecule has 9 nitrogen and oxygen atoms in total. The molecule has 0 aliphatic carbocycles. The van der Waals surface area contributed by atoms with Crippen molar-refractivity contribution in [2.75, 3.05) is 55.5 Å². The summed E-state index contributed by atoms with van der Waals surface area (Å²) < 4.78 is 5.48. The van der Waals surface area contributed by atoms with Gasteiger partial charge in [0.1, 0.15) is 17.5 Å². The fraction of sp³-hybridized carbons (Fsp3) is 0.286. The molecule has 2 aromatic carbocycles. The molecule has 4 rings (SSSR count). The number of aromatic nitrogens is 2. The fourth-order valence-corrected chi connectivity index (χ4v) is 4.11. The maximum Gasteiger partial charge on any atom is 0.308 e. The summed E-state index contributed by atoms with van der Waals surface area (Å²) in [6, 6.07) is 17.2. The van der Waals surface area contributed by atoms with Crippen molar-refractivity contribution in [3.05, 3.63) is 83.2 Å². The lowest BCUT2D eigenvalue weighted by Crippen LogP contribution is -2.38. The number of carboxylic acids is 1. The van der Waals surface area contributed by atoms with Crippen molar-refractivity contribution >= 4 is 35.3 Å². The Morgan fingerprint density at radius 3 is 2.41 bits per heavy atom. The molecule has 0 atom stereocenters. The molecule has 1 aliphatic heterocycles. The highest BCUT2D eigenvalue weighted by Crippen LogP contribution is 2.28. The standard InChI is InChI=1S/C28H31N5O4/c1-32(2)27-23(19-26(35)36)28(33-14-16-37-17-15-33)31-24(30-27)18-21-8-11-22(12-9-21)29-25(34)13-10-20-6-4-3-5-7-20/h3-13H,14-19H2,1-2H3,(H,29,34)(H,35,36). The highest BCUT2D eigenvalue weighted by molar-refractivity contribution is 6.01. The number of rotatable bonds is 9. The van der Waals surface area contributed by atoms with E-state index in [2.05, 4.69) is 10.2 Å². The zero-order chi connectivity index (χ0) is 26.2. The minimum Gasteiger partial charge on any atom is -0.481 e. The first-order valence-electron chi connectivity index (χ1n) is 12.1. The van der Waals surface area contributed by atoms with Crippen molar-refractivity contribution in [1.29, 1.82) is 0 Å². The van der Waals surface area contributed by atoms with Crippen molar-refractivity contribution in [2.24, 2.45) is 0 Å². The van der Waals surface area contributed by atoms with Gasteiger partial charge in [-0.15, -0.1) is 0 Å². The van der Waals surface area contributed by atoms with E-state index in [1.807, 2.05) is 73.6 Å². The van der Waals surface area contributed by atoms with Crippen LogP contribution >= 0.6 is 0 Å². The Morgan fingerprint density at radius 2 is 1.76 bits per heavy atom. The number of aliphatic carboxylic acids is 1. The summed E-state index contributed by atoms with van der Waals surface area (Å²) in [7, 11) is 3.70. The number of amides is 1. The monoisotopic (exact) mass is 501 g/mol. The Hall–Kier alpha value is -4.24. The summed E-state index contributed by atoms with van der Waals surface area (Å²) in [5.74, 6) is 0.711. The maximum atomic E-state index is 12.3. The van der Waals surface area contributed by atoms with Crippen LogP contribution in [-0.2, 0) is 27.2 Å². The summed E-state index contributed by atoms with van der Waals surface area (Å²) in [5, 5.41) is 12.4. The van der Waals surface area contributed by atoms with Crippen molar-refractivity contribution < 1.29 is 19.4 Å². The number of hydrogen-bond acceptors (Lipinski definition) is 7. The van der Waals surface area contributed by atoms with Crippen LogP contribution in [0, 0.1) is 0 Å². The van der Waals surface area contributed by atoms with Crippen LogP contribution in [0.5, 0.6) is 0 Å². The van der Waals surface area contributed by atoms with Crippen LogP contribution in [0.4, 0.5) is 17.3 Å². The third-order valence-electron chi connectivity index (χ3n) is 5.88. The van der Waals surface area contributed by atoms with E-state index in [4.69, 9.17) is 14.7 Å². The second kappa shape index (κ2) is 12.1. The predicted octanol–water partition coefficient (Wildman–Crippen LogP) is 3.25. The molecule has 0 bridgehead atoms. The number of nitrogens with one attached hydrogen (secondary N) is 1. The number of carboxylic acid groups (broad SMARTS) is 1. The summed E-state index contributed by atoms with van der Waals surface area (Å²) >= 11 is 0. The Labute approximate surface area is 216 Å². The summed E-state index contributed by atoms with van der Waals surface area (Å²) in [6.07, 6.45) is 3.58. The van der Waals surface area contributed by atoms with Crippen LogP contribution in [0.15, 0.2) is 60.7 Å². The number of hydrogen-bond donors (Lipinski definition) is 2. The topological polar surface area (TPSA) is 108 Å². The lowest BCUT2D eigenvalue weighted by atomic mass is 10.1. The molecule has 1 aromatic heterocycles. The van der Waals surface area contributed by atoms with Crippen molar-refractivity contribution in [3.63, 3.8) is 0 Å². The van der Waals surface area contributed by atoms with Gasteiger partial charge in [0, 0.05) is 50.9 Å². The van der Waals surface area contributed by atoms with E-state index < -0.39 is 5.97 Å². The first kappa shape index (κ1) is 25.8. The van der Waals surface area contributed by atoms with Gasteiger partial charge in [-0.3, -0.25) is 9.59 Å². The van der Waals surface area contributed by atoms with E-state index in [1.54, 1.807) is 6.08 Å². The van der Waals surface area contributed by atoms with Crippen LogP contribution < -0.4 is 15.1 Å². The van der Waals surface area contributed by atoms with Crippen molar-refractivity contribution in [3.8, 4) is 0 Å². The molecule has 1 aliphatic rings. The molecular formula is C28H31N5O4. The lowest BCUT2D eigenvalue weighted by Gasteiger charge is -2.31. The van der Waals surface area contributed by atoms with Gasteiger partial charge in [-0.2, -0.15) is 0 Å². The number of anilines is 3. The molecule has 192 valence electrons. The minimum absolute atomic E-state index is 0.159. The Bertz CT molecular complexity index is 1250. The third kappa shape index (κ3) is 7.14. The molecule has 0 unspecified atom stereocenters. The lowest BCUT2D eigenvalue weighted by molar-refractivity contribution is -0.136. The second-order valence-electron chi connectivity index (χ2n) is 8.94. The number of morpholine rings is 1. The van der Waals surface area contributed by atoms with E-state index in [1.165, 1.54) is 6.08 Å². The van der Waals surface area contributed by atoms with Crippen LogP contribution in [0.1, 0.15) is 22.5 Å². The van der Waals surface area contributed by atoms with Gasteiger partial charge in [0.25, 0.3) is 0 Å². The van der Waals surface area contributed by atoms with E-state index in [0.29, 0.717) is 61.4 Å². The highest BCUT2D eigenvalue weighted by Gasteiger charge is 2.24. The molecule has 2 N–H and O–H groups in total. The van der Waals surface area contributed by atoms with Gasteiger partial charge in [0.05, 0.1) is 19.6 Å². The Kier molecular flexibility index (Phi) is 8.48. The van der Waals surface area contributed by atoms with Crippen LogP contribution in [0.2, 0.25) is 0 Å². The largest absolute Gasteiger partial charge is 0.481 e. The first-order valence-corrected chi connectivity index (χ1v) is 12.1. The van der Waals surface area contributed by atoms with Gasteiger partial charge in [-0.1, -0.05) is 42.5 Å². The fourth-order valence-electron chi connectivity index (χ4n) is 4.11. The molecule has 9 heteroatoms. The quantitative estimate of drug-likeness (QED) is 0.430. The van der Waals surface area contributed by atoms with Gasteiger partial charge in [0.15, 0.2) is 0 Å². The number of nitrogens with zero attached hydrogens (tertiary/aromatic N) is 4. The molecule has 0 radical (unpaired) electrons.